The molecule has 72 valence electrons. The Kier molecular flexibility index (Phi) is 3.47. The third kappa shape index (κ3) is 2.04. The van der Waals surface area contributed by atoms with Gasteiger partial charge in [0.1, 0.15) is 6.07 Å². The summed E-state index contributed by atoms with van der Waals surface area (Å²) in [5.41, 5.74) is 1.52. The van der Waals surface area contributed by atoms with E-state index in [1.807, 2.05) is 35.6 Å². The van der Waals surface area contributed by atoms with Gasteiger partial charge in [0.05, 0.1) is 11.1 Å². The van der Waals surface area contributed by atoms with Crippen molar-refractivity contribution >= 4 is 28.6 Å². The molecule has 0 heterocycles. The normalized spacial score (nSPS) is 9.50. The molecule has 0 aliphatic heterocycles. The smallest absolute Gasteiger partial charge is 0.336 e. The van der Waals surface area contributed by atoms with Crippen molar-refractivity contribution in [1.29, 1.82) is 5.26 Å². The van der Waals surface area contributed by atoms with Crippen molar-refractivity contribution in [3.63, 3.8) is 0 Å². The first kappa shape index (κ1) is 11.0. The highest BCUT2D eigenvalue weighted by atomic mass is 127. The lowest BCUT2D eigenvalue weighted by atomic mass is 10.0. The minimum atomic E-state index is -0.985. The number of carbonyl (C=O) groups is 1. The molecule has 0 spiro atoms. The molecular formula is C10H8INO2. The van der Waals surface area contributed by atoms with E-state index in [9.17, 15) is 4.79 Å². The van der Waals surface area contributed by atoms with E-state index in [2.05, 4.69) is 0 Å². The van der Waals surface area contributed by atoms with E-state index in [4.69, 9.17) is 10.4 Å². The van der Waals surface area contributed by atoms with E-state index in [1.165, 1.54) is 0 Å². The van der Waals surface area contributed by atoms with Crippen LogP contribution in [0.1, 0.15) is 28.4 Å². The molecule has 0 atom stereocenters. The predicted molar refractivity (Wildman–Crippen MR) is 60.2 cm³/mol. The summed E-state index contributed by atoms with van der Waals surface area (Å²) in [5, 5.41) is 17.7. The van der Waals surface area contributed by atoms with Crippen LogP contribution in [-0.2, 0) is 6.42 Å². The molecule has 3 nitrogen and oxygen atoms in total. The summed E-state index contributed by atoms with van der Waals surface area (Å²) < 4.78 is 0.509. The van der Waals surface area contributed by atoms with Gasteiger partial charge in [-0.15, -0.1) is 0 Å². The van der Waals surface area contributed by atoms with E-state index < -0.39 is 5.97 Å². The summed E-state index contributed by atoms with van der Waals surface area (Å²) in [4.78, 5) is 10.8. The summed E-state index contributed by atoms with van der Waals surface area (Å²) in [6.07, 6.45) is 0.728. The maximum absolute atomic E-state index is 10.8. The number of carboxylic acid groups (broad SMARTS) is 1. The average molecular weight is 301 g/mol. The van der Waals surface area contributed by atoms with Crippen molar-refractivity contribution < 1.29 is 9.90 Å². The maximum atomic E-state index is 10.8. The molecule has 0 unspecified atom stereocenters. The number of hydrogen-bond donors (Lipinski definition) is 1. The first-order valence-corrected chi connectivity index (χ1v) is 5.13. The van der Waals surface area contributed by atoms with Gasteiger partial charge in [0.15, 0.2) is 0 Å². The molecule has 0 saturated heterocycles. The molecule has 0 amide bonds. The lowest BCUT2D eigenvalue weighted by Gasteiger charge is -2.04. The van der Waals surface area contributed by atoms with Crippen molar-refractivity contribution in [2.45, 2.75) is 13.3 Å². The number of rotatable bonds is 2. The van der Waals surface area contributed by atoms with Gasteiger partial charge in [-0.1, -0.05) is 6.92 Å². The van der Waals surface area contributed by atoms with Gasteiger partial charge in [0.25, 0.3) is 0 Å². The number of aromatic carboxylic acids is 1. The van der Waals surface area contributed by atoms with Crippen LogP contribution in [0.15, 0.2) is 12.1 Å². The Morgan fingerprint density at radius 1 is 1.64 bits per heavy atom. The molecule has 4 heteroatoms. The fourth-order valence-corrected chi connectivity index (χ4v) is 1.79. The number of nitriles is 1. The van der Waals surface area contributed by atoms with E-state index >= 15 is 0 Å². The van der Waals surface area contributed by atoms with Crippen LogP contribution in [0.25, 0.3) is 0 Å². The molecule has 0 bridgehead atoms. The Morgan fingerprint density at radius 3 is 2.71 bits per heavy atom. The number of carboxylic acids is 1. The molecule has 1 aromatic rings. The molecule has 0 radical (unpaired) electrons. The van der Waals surface area contributed by atoms with Crippen molar-refractivity contribution in [2.24, 2.45) is 0 Å². The molecule has 0 aliphatic rings. The van der Waals surface area contributed by atoms with Crippen LogP contribution in [0, 0.1) is 14.9 Å². The lowest BCUT2D eigenvalue weighted by molar-refractivity contribution is 0.0695. The summed E-state index contributed by atoms with van der Waals surface area (Å²) in [5.74, 6) is -0.985. The van der Waals surface area contributed by atoms with Crippen molar-refractivity contribution in [1.82, 2.24) is 0 Å². The lowest BCUT2D eigenvalue weighted by Crippen LogP contribution is -2.03. The maximum Gasteiger partial charge on any atom is 0.336 e. The highest BCUT2D eigenvalue weighted by Gasteiger charge is 2.13. The minimum absolute atomic E-state index is 0.210. The zero-order valence-corrected chi connectivity index (χ0v) is 9.70. The standard InChI is InChI=1S/C10H8INO2/c1-2-6-3-7(5-12)9(11)8(4-6)10(13)14/h3-4H,2H2,1H3,(H,13,14). The van der Waals surface area contributed by atoms with Crippen LogP contribution in [0.4, 0.5) is 0 Å². The van der Waals surface area contributed by atoms with Gasteiger partial charge in [0, 0.05) is 3.57 Å². The highest BCUT2D eigenvalue weighted by Crippen LogP contribution is 2.20. The number of nitrogens with zero attached hydrogens (tertiary/aromatic N) is 1. The second-order valence-electron chi connectivity index (χ2n) is 2.78. The zero-order valence-electron chi connectivity index (χ0n) is 7.54. The number of hydrogen-bond acceptors (Lipinski definition) is 2. The van der Waals surface area contributed by atoms with Gasteiger partial charge >= 0.3 is 5.97 Å². The molecule has 0 aliphatic carbocycles. The van der Waals surface area contributed by atoms with E-state index in [-0.39, 0.29) is 5.56 Å². The predicted octanol–water partition coefficient (Wildman–Crippen LogP) is 2.42. The SMILES string of the molecule is CCc1cc(C#N)c(I)c(C(=O)O)c1. The van der Waals surface area contributed by atoms with Crippen molar-refractivity contribution in [3.05, 3.63) is 32.4 Å². The van der Waals surface area contributed by atoms with Crippen molar-refractivity contribution in [2.75, 3.05) is 0 Å². The molecule has 0 aromatic heterocycles. The van der Waals surface area contributed by atoms with Gasteiger partial charge in [-0.05, 0) is 46.7 Å². The van der Waals surface area contributed by atoms with E-state index in [0.717, 1.165) is 12.0 Å². The van der Waals surface area contributed by atoms with Gasteiger partial charge < -0.3 is 5.11 Å². The summed E-state index contributed by atoms with van der Waals surface area (Å²) in [7, 11) is 0. The number of aryl methyl sites for hydroxylation is 1. The monoisotopic (exact) mass is 301 g/mol. The van der Waals surface area contributed by atoms with Crippen LogP contribution in [0.2, 0.25) is 0 Å². The molecule has 1 N–H and O–H groups in total. The zero-order chi connectivity index (χ0) is 10.7. The largest absolute Gasteiger partial charge is 0.478 e. The van der Waals surface area contributed by atoms with Crippen molar-refractivity contribution in [3.8, 4) is 6.07 Å². The van der Waals surface area contributed by atoms with E-state index in [0.29, 0.717) is 9.13 Å². The van der Waals surface area contributed by atoms with Crippen LogP contribution in [-0.4, -0.2) is 11.1 Å². The minimum Gasteiger partial charge on any atom is -0.478 e. The third-order valence-corrected chi connectivity index (χ3v) is 3.05. The Labute approximate surface area is 95.5 Å². The second-order valence-corrected chi connectivity index (χ2v) is 3.85. The van der Waals surface area contributed by atoms with Gasteiger partial charge in [-0.2, -0.15) is 5.26 Å². The van der Waals surface area contributed by atoms with Gasteiger partial charge in [-0.3, -0.25) is 0 Å². The third-order valence-electron chi connectivity index (χ3n) is 1.89. The Bertz CT molecular complexity index is 421. The number of benzene rings is 1. The molecule has 1 aromatic carbocycles. The van der Waals surface area contributed by atoms with Crippen LogP contribution in [0.3, 0.4) is 0 Å². The first-order valence-electron chi connectivity index (χ1n) is 4.06. The molecule has 1 rings (SSSR count). The number of halogens is 1. The Morgan fingerprint density at radius 2 is 2.29 bits per heavy atom. The fraction of sp³-hybridized carbons (Fsp3) is 0.200. The summed E-state index contributed by atoms with van der Waals surface area (Å²) in [6, 6.07) is 5.34. The molecular weight excluding hydrogens is 293 g/mol. The Balaban J connectivity index is 3.44. The second kappa shape index (κ2) is 4.42. The fourth-order valence-electron chi connectivity index (χ4n) is 1.13. The van der Waals surface area contributed by atoms with Crippen LogP contribution in [0.5, 0.6) is 0 Å². The average Bonchev–Trinajstić information content (AvgIpc) is 2.17. The molecule has 14 heavy (non-hydrogen) atoms. The summed E-state index contributed by atoms with van der Waals surface area (Å²) in [6.45, 7) is 1.93. The first-order chi connectivity index (χ1) is 6.60. The molecule has 0 saturated carbocycles. The highest BCUT2D eigenvalue weighted by molar-refractivity contribution is 14.1. The summed E-state index contributed by atoms with van der Waals surface area (Å²) >= 11 is 1.89. The van der Waals surface area contributed by atoms with Crippen LogP contribution >= 0.6 is 22.6 Å². The topological polar surface area (TPSA) is 61.1 Å². The van der Waals surface area contributed by atoms with Gasteiger partial charge in [-0.25, -0.2) is 4.79 Å². The Hall–Kier alpha value is -1.09. The van der Waals surface area contributed by atoms with Gasteiger partial charge in [0.2, 0.25) is 0 Å². The molecule has 0 fully saturated rings. The van der Waals surface area contributed by atoms with E-state index in [1.54, 1.807) is 12.1 Å². The van der Waals surface area contributed by atoms with Crippen LogP contribution < -0.4 is 0 Å². The quantitative estimate of drug-likeness (QED) is 0.853.